The van der Waals surface area contributed by atoms with Gasteiger partial charge in [-0.3, -0.25) is 9.69 Å². The molecule has 1 amide bonds. The summed E-state index contributed by atoms with van der Waals surface area (Å²) in [5, 5.41) is 0. The molecular formula is C26H25N3O3. The van der Waals surface area contributed by atoms with E-state index in [1.165, 1.54) is 4.90 Å². The number of ether oxygens (including phenoxy) is 1. The number of carbonyl (C=O) groups is 2. The summed E-state index contributed by atoms with van der Waals surface area (Å²) in [6, 6.07) is 24.7. The van der Waals surface area contributed by atoms with Gasteiger partial charge in [0.1, 0.15) is 6.61 Å². The van der Waals surface area contributed by atoms with Crippen LogP contribution >= 0.6 is 0 Å². The molecule has 0 aromatic heterocycles. The zero-order valence-corrected chi connectivity index (χ0v) is 18.1. The van der Waals surface area contributed by atoms with Crippen molar-refractivity contribution in [2.45, 2.75) is 25.5 Å². The largest absolute Gasteiger partial charge is 0.457 e. The van der Waals surface area contributed by atoms with Crippen molar-refractivity contribution in [2.24, 2.45) is 10.7 Å². The van der Waals surface area contributed by atoms with Crippen molar-refractivity contribution >= 4 is 17.8 Å². The van der Waals surface area contributed by atoms with Gasteiger partial charge in [-0.15, -0.1) is 0 Å². The molecule has 0 saturated carbocycles. The molecule has 1 aliphatic rings. The minimum atomic E-state index is -0.740. The van der Waals surface area contributed by atoms with E-state index in [0.29, 0.717) is 5.56 Å². The van der Waals surface area contributed by atoms with Crippen LogP contribution in [0.15, 0.2) is 83.9 Å². The van der Waals surface area contributed by atoms with Crippen molar-refractivity contribution in [3.8, 4) is 11.1 Å². The molecule has 32 heavy (non-hydrogen) atoms. The van der Waals surface area contributed by atoms with Gasteiger partial charge in [0.2, 0.25) is 5.91 Å². The molecule has 3 aromatic rings. The maximum atomic E-state index is 12.6. The van der Waals surface area contributed by atoms with Crippen LogP contribution in [0.3, 0.4) is 0 Å². The third-order valence-corrected chi connectivity index (χ3v) is 5.70. The number of esters is 1. The second kappa shape index (κ2) is 8.67. The molecule has 3 aromatic carbocycles. The first-order valence-electron chi connectivity index (χ1n) is 10.4. The first-order chi connectivity index (χ1) is 15.4. The van der Waals surface area contributed by atoms with Crippen LogP contribution in [0.1, 0.15) is 34.8 Å². The molecule has 0 aliphatic carbocycles. The molecule has 6 nitrogen and oxygen atoms in total. The van der Waals surface area contributed by atoms with Crippen LogP contribution < -0.4 is 5.73 Å². The van der Waals surface area contributed by atoms with Gasteiger partial charge in [0.15, 0.2) is 5.96 Å². The number of aliphatic imine (C=N–C) groups is 1. The molecule has 6 heteroatoms. The van der Waals surface area contributed by atoms with Gasteiger partial charge in [-0.1, -0.05) is 60.7 Å². The lowest BCUT2D eigenvalue weighted by atomic mass is 9.86. The predicted molar refractivity (Wildman–Crippen MR) is 124 cm³/mol. The maximum absolute atomic E-state index is 12.6. The normalized spacial score (nSPS) is 18.2. The highest BCUT2D eigenvalue weighted by molar-refractivity contribution is 5.98. The Balaban J connectivity index is 1.57. The minimum absolute atomic E-state index is 0.0754. The van der Waals surface area contributed by atoms with Gasteiger partial charge in [-0.05, 0) is 47.4 Å². The lowest BCUT2D eigenvalue weighted by Crippen LogP contribution is -2.47. The maximum Gasteiger partial charge on any atom is 0.338 e. The summed E-state index contributed by atoms with van der Waals surface area (Å²) in [6.45, 7) is 2.13. The van der Waals surface area contributed by atoms with Gasteiger partial charge in [0.25, 0.3) is 0 Å². The second-order valence-corrected chi connectivity index (χ2v) is 8.10. The lowest BCUT2D eigenvalue weighted by molar-refractivity contribution is -0.128. The Morgan fingerprint density at radius 1 is 1.03 bits per heavy atom. The quantitative estimate of drug-likeness (QED) is 0.621. The fourth-order valence-electron chi connectivity index (χ4n) is 3.74. The van der Waals surface area contributed by atoms with Crippen LogP contribution in [0.4, 0.5) is 0 Å². The van der Waals surface area contributed by atoms with E-state index in [0.717, 1.165) is 22.3 Å². The first kappa shape index (κ1) is 21.3. The van der Waals surface area contributed by atoms with E-state index < -0.39 is 5.54 Å². The Morgan fingerprint density at radius 2 is 1.72 bits per heavy atom. The fraction of sp³-hybridized carbons (Fsp3) is 0.192. The Hall–Kier alpha value is -3.93. The zero-order valence-electron chi connectivity index (χ0n) is 18.1. The van der Waals surface area contributed by atoms with Gasteiger partial charge in [-0.2, -0.15) is 0 Å². The lowest BCUT2D eigenvalue weighted by Gasteiger charge is -2.33. The first-order valence-corrected chi connectivity index (χ1v) is 10.4. The summed E-state index contributed by atoms with van der Waals surface area (Å²) in [5.41, 5.74) is 9.31. The number of nitrogens with zero attached hydrogens (tertiary/aromatic N) is 2. The van der Waals surface area contributed by atoms with Crippen molar-refractivity contribution in [3.05, 3.63) is 95.6 Å². The molecule has 1 aliphatic heterocycles. The topological polar surface area (TPSA) is 85.0 Å². The molecule has 0 spiro atoms. The summed E-state index contributed by atoms with van der Waals surface area (Å²) in [7, 11) is 1.62. The van der Waals surface area contributed by atoms with Crippen LogP contribution in [0, 0.1) is 0 Å². The molecule has 2 N–H and O–H groups in total. The van der Waals surface area contributed by atoms with Gasteiger partial charge in [-0.25, -0.2) is 9.79 Å². The Bertz CT molecular complexity index is 1190. The van der Waals surface area contributed by atoms with Crippen molar-refractivity contribution in [1.82, 2.24) is 4.90 Å². The summed E-state index contributed by atoms with van der Waals surface area (Å²) < 4.78 is 5.46. The Labute approximate surface area is 187 Å². The second-order valence-electron chi connectivity index (χ2n) is 8.10. The van der Waals surface area contributed by atoms with E-state index in [4.69, 9.17) is 10.5 Å². The average Bonchev–Trinajstić information content (AvgIpc) is 2.82. The molecule has 162 valence electrons. The third kappa shape index (κ3) is 4.39. The zero-order chi connectivity index (χ0) is 22.7. The number of carbonyl (C=O) groups excluding carboxylic acids is 2. The number of nitrogens with two attached hydrogens (primary N) is 1. The fourth-order valence-corrected chi connectivity index (χ4v) is 3.74. The highest BCUT2D eigenvalue weighted by atomic mass is 16.5. The molecule has 1 heterocycles. The summed E-state index contributed by atoms with van der Waals surface area (Å²) in [5.74, 6) is -0.247. The molecule has 0 saturated heterocycles. The van der Waals surface area contributed by atoms with E-state index >= 15 is 0 Å². The average molecular weight is 428 g/mol. The molecular weight excluding hydrogens is 402 g/mol. The minimum Gasteiger partial charge on any atom is -0.457 e. The van der Waals surface area contributed by atoms with Crippen molar-refractivity contribution in [1.29, 1.82) is 0 Å². The number of rotatable bonds is 5. The monoisotopic (exact) mass is 427 g/mol. The van der Waals surface area contributed by atoms with Crippen molar-refractivity contribution < 1.29 is 14.3 Å². The number of hydrogen-bond acceptors (Lipinski definition) is 5. The molecule has 4 rings (SSSR count). The van der Waals surface area contributed by atoms with Crippen LogP contribution in [0.5, 0.6) is 0 Å². The van der Waals surface area contributed by atoms with E-state index in [1.54, 1.807) is 13.1 Å². The third-order valence-electron chi connectivity index (χ3n) is 5.70. The summed E-state index contributed by atoms with van der Waals surface area (Å²) >= 11 is 0. The van der Waals surface area contributed by atoms with Crippen LogP contribution in [0.25, 0.3) is 11.1 Å². The van der Waals surface area contributed by atoms with Gasteiger partial charge >= 0.3 is 5.97 Å². The number of amides is 1. The van der Waals surface area contributed by atoms with E-state index in [9.17, 15) is 9.59 Å². The van der Waals surface area contributed by atoms with E-state index in [2.05, 4.69) is 4.99 Å². The van der Waals surface area contributed by atoms with Gasteiger partial charge in [0.05, 0.1) is 17.5 Å². The Kier molecular flexibility index (Phi) is 5.77. The van der Waals surface area contributed by atoms with Gasteiger partial charge < -0.3 is 10.5 Å². The van der Waals surface area contributed by atoms with E-state index in [1.807, 2.05) is 79.7 Å². The van der Waals surface area contributed by atoms with Crippen LogP contribution in [-0.2, 0) is 21.7 Å². The molecule has 0 radical (unpaired) electrons. The highest BCUT2D eigenvalue weighted by Gasteiger charge is 2.36. The number of benzene rings is 3. The molecule has 1 unspecified atom stereocenters. The molecule has 1 atom stereocenters. The summed E-state index contributed by atoms with van der Waals surface area (Å²) in [6.07, 6.45) is 0.236. The van der Waals surface area contributed by atoms with Crippen molar-refractivity contribution in [2.75, 3.05) is 7.05 Å². The molecule has 0 fully saturated rings. The SMILES string of the molecule is CN1C(=O)CC(C)(c2cccc(-c3cccc(C(=O)OCc4ccccc4)c3)c2)N=C1N. The van der Waals surface area contributed by atoms with Crippen molar-refractivity contribution in [3.63, 3.8) is 0 Å². The summed E-state index contributed by atoms with van der Waals surface area (Å²) in [4.78, 5) is 30.9. The molecule has 0 bridgehead atoms. The van der Waals surface area contributed by atoms with E-state index in [-0.39, 0.29) is 30.9 Å². The smallest absolute Gasteiger partial charge is 0.338 e. The highest BCUT2D eigenvalue weighted by Crippen LogP contribution is 2.35. The standard InChI is InChI=1S/C26H25N3O3/c1-26(16-23(30)29(2)25(27)28-26)22-13-7-11-20(15-22)19-10-6-12-21(14-19)24(31)32-17-18-8-4-3-5-9-18/h3-15H,16-17H2,1-2H3,(H2,27,28). The number of guanidine groups is 1. The van der Waals surface area contributed by atoms with Gasteiger partial charge in [0, 0.05) is 7.05 Å². The Morgan fingerprint density at radius 3 is 2.44 bits per heavy atom. The van der Waals surface area contributed by atoms with Crippen LogP contribution in [0.2, 0.25) is 0 Å². The van der Waals surface area contributed by atoms with Crippen LogP contribution in [-0.4, -0.2) is 29.8 Å². The number of hydrogen-bond donors (Lipinski definition) is 1. The predicted octanol–water partition coefficient (Wildman–Crippen LogP) is 4.10.